The zero-order valence-corrected chi connectivity index (χ0v) is 12.4. The van der Waals surface area contributed by atoms with Crippen molar-refractivity contribution in [3.63, 3.8) is 0 Å². The minimum Gasteiger partial charge on any atom is -0.497 e. The molecule has 3 rings (SSSR count). The average Bonchev–Trinajstić information content (AvgIpc) is 2.96. The van der Waals surface area contributed by atoms with Gasteiger partial charge < -0.3 is 13.9 Å². The van der Waals surface area contributed by atoms with Crippen LogP contribution in [0.2, 0.25) is 0 Å². The van der Waals surface area contributed by atoms with E-state index in [0.717, 1.165) is 12.3 Å². The fourth-order valence-corrected chi connectivity index (χ4v) is 2.30. The number of pyridine rings is 1. The van der Waals surface area contributed by atoms with Crippen LogP contribution in [0.3, 0.4) is 0 Å². The Bertz CT molecular complexity index is 856. The normalized spacial score (nSPS) is 11.7. The summed E-state index contributed by atoms with van der Waals surface area (Å²) in [5.41, 5.74) is 0.885. The lowest BCUT2D eigenvalue weighted by Crippen LogP contribution is -2.05. The minimum absolute atomic E-state index is 0.422. The molecule has 7 heteroatoms. The van der Waals surface area contributed by atoms with Crippen LogP contribution in [0.25, 0.3) is 16.9 Å². The zero-order chi connectivity index (χ0) is 16.6. The van der Waals surface area contributed by atoms with Crippen molar-refractivity contribution in [1.29, 1.82) is 0 Å². The minimum atomic E-state index is -4.39. The van der Waals surface area contributed by atoms with Gasteiger partial charge in [0.25, 0.3) is 0 Å². The van der Waals surface area contributed by atoms with Crippen LogP contribution in [0.5, 0.6) is 11.5 Å². The Balaban J connectivity index is 2.10. The third-order valence-electron chi connectivity index (χ3n) is 3.46. The summed E-state index contributed by atoms with van der Waals surface area (Å²) >= 11 is 0. The molecule has 0 saturated carbocycles. The Hall–Kier alpha value is -2.70. The zero-order valence-electron chi connectivity index (χ0n) is 12.4. The Morgan fingerprint density at radius 1 is 1.00 bits per heavy atom. The second-order valence-corrected chi connectivity index (χ2v) is 4.87. The molecule has 0 amide bonds. The third kappa shape index (κ3) is 2.81. The molecule has 4 nitrogen and oxygen atoms in total. The first-order valence-electron chi connectivity index (χ1n) is 6.70. The SMILES string of the molecule is COc1ccc(-c2cn3cc(C(F)(F)F)ccc3n2)c(OC)c1. The van der Waals surface area contributed by atoms with Crippen LogP contribution in [0.1, 0.15) is 5.56 Å². The van der Waals surface area contributed by atoms with Gasteiger partial charge in [0.2, 0.25) is 0 Å². The number of methoxy groups -OCH3 is 2. The number of imidazole rings is 1. The number of hydrogen-bond donors (Lipinski definition) is 0. The van der Waals surface area contributed by atoms with Crippen molar-refractivity contribution in [3.8, 4) is 22.8 Å². The second kappa shape index (κ2) is 5.49. The summed E-state index contributed by atoms with van der Waals surface area (Å²) in [6.45, 7) is 0. The van der Waals surface area contributed by atoms with Crippen LogP contribution in [0.4, 0.5) is 13.2 Å². The molecule has 2 heterocycles. The lowest BCUT2D eigenvalue weighted by atomic mass is 10.1. The summed E-state index contributed by atoms with van der Waals surface area (Å²) in [5, 5.41) is 0. The molecule has 1 aromatic carbocycles. The number of ether oxygens (including phenoxy) is 2. The molecule has 0 aliphatic rings. The molecule has 0 saturated heterocycles. The van der Waals surface area contributed by atoms with Crippen molar-refractivity contribution in [2.24, 2.45) is 0 Å². The predicted molar refractivity (Wildman–Crippen MR) is 78.7 cm³/mol. The first kappa shape index (κ1) is 15.2. The molecule has 120 valence electrons. The van der Waals surface area contributed by atoms with Crippen LogP contribution < -0.4 is 9.47 Å². The Morgan fingerprint density at radius 3 is 2.43 bits per heavy atom. The maximum atomic E-state index is 12.8. The predicted octanol–water partition coefficient (Wildman–Crippen LogP) is 4.04. The van der Waals surface area contributed by atoms with E-state index >= 15 is 0 Å². The molecule has 0 aliphatic carbocycles. The monoisotopic (exact) mass is 322 g/mol. The first-order chi connectivity index (χ1) is 10.9. The largest absolute Gasteiger partial charge is 0.497 e. The van der Waals surface area contributed by atoms with Crippen molar-refractivity contribution < 1.29 is 22.6 Å². The van der Waals surface area contributed by atoms with E-state index in [1.165, 1.54) is 30.9 Å². The van der Waals surface area contributed by atoms with Gasteiger partial charge >= 0.3 is 6.18 Å². The molecular formula is C16H13F3N2O2. The quantitative estimate of drug-likeness (QED) is 0.730. The molecule has 0 unspecified atom stereocenters. The van der Waals surface area contributed by atoms with E-state index in [4.69, 9.17) is 9.47 Å². The molecular weight excluding hydrogens is 309 g/mol. The van der Waals surface area contributed by atoms with Gasteiger partial charge in [-0.25, -0.2) is 4.98 Å². The van der Waals surface area contributed by atoms with Gasteiger partial charge in [-0.15, -0.1) is 0 Å². The van der Waals surface area contributed by atoms with Crippen molar-refractivity contribution >= 4 is 5.65 Å². The summed E-state index contributed by atoms with van der Waals surface area (Å²) in [6.07, 6.45) is -1.84. The van der Waals surface area contributed by atoms with Gasteiger partial charge in [-0.05, 0) is 24.3 Å². The summed E-state index contributed by atoms with van der Waals surface area (Å²) in [6, 6.07) is 7.54. The number of hydrogen-bond acceptors (Lipinski definition) is 3. The molecule has 0 N–H and O–H groups in total. The van der Waals surface area contributed by atoms with E-state index in [1.807, 2.05) is 0 Å². The van der Waals surface area contributed by atoms with Gasteiger partial charge in [0, 0.05) is 24.0 Å². The fourth-order valence-electron chi connectivity index (χ4n) is 2.30. The highest BCUT2D eigenvalue weighted by atomic mass is 19.4. The number of nitrogens with zero attached hydrogens (tertiary/aromatic N) is 2. The number of fused-ring (bicyclic) bond motifs is 1. The highest BCUT2D eigenvalue weighted by Crippen LogP contribution is 2.34. The molecule has 0 spiro atoms. The third-order valence-corrected chi connectivity index (χ3v) is 3.46. The van der Waals surface area contributed by atoms with E-state index < -0.39 is 11.7 Å². The highest BCUT2D eigenvalue weighted by Gasteiger charge is 2.30. The van der Waals surface area contributed by atoms with Crippen molar-refractivity contribution in [2.45, 2.75) is 6.18 Å². The second-order valence-electron chi connectivity index (χ2n) is 4.87. The number of alkyl halides is 3. The molecule has 0 radical (unpaired) electrons. The maximum Gasteiger partial charge on any atom is 0.417 e. The van der Waals surface area contributed by atoms with Crippen molar-refractivity contribution in [1.82, 2.24) is 9.38 Å². The Labute approximate surface area is 130 Å². The van der Waals surface area contributed by atoms with Crippen molar-refractivity contribution in [2.75, 3.05) is 14.2 Å². The molecule has 0 aliphatic heterocycles. The van der Waals surface area contributed by atoms with E-state index in [9.17, 15) is 13.2 Å². The number of benzene rings is 1. The standard InChI is InChI=1S/C16H13F3N2O2/c1-22-11-4-5-12(14(7-11)23-2)13-9-21-8-10(16(17,18)19)3-6-15(21)20-13/h3-9H,1-2H3. The van der Waals surface area contributed by atoms with Crippen LogP contribution in [0, 0.1) is 0 Å². The van der Waals surface area contributed by atoms with Crippen LogP contribution in [0.15, 0.2) is 42.7 Å². The summed E-state index contributed by atoms with van der Waals surface area (Å²) in [7, 11) is 3.05. The van der Waals surface area contributed by atoms with Crippen LogP contribution >= 0.6 is 0 Å². The Morgan fingerprint density at radius 2 is 1.78 bits per heavy atom. The highest BCUT2D eigenvalue weighted by molar-refractivity contribution is 5.70. The van der Waals surface area contributed by atoms with E-state index in [-0.39, 0.29) is 0 Å². The van der Waals surface area contributed by atoms with Crippen molar-refractivity contribution in [3.05, 3.63) is 48.3 Å². The Kier molecular flexibility index (Phi) is 3.63. The lowest BCUT2D eigenvalue weighted by Gasteiger charge is -2.08. The van der Waals surface area contributed by atoms with E-state index in [2.05, 4.69) is 4.98 Å². The van der Waals surface area contributed by atoms with Gasteiger partial charge in [0.15, 0.2) is 0 Å². The maximum absolute atomic E-state index is 12.8. The van der Waals surface area contributed by atoms with Crippen LogP contribution in [-0.2, 0) is 6.18 Å². The molecule has 3 aromatic rings. The van der Waals surface area contributed by atoms with Gasteiger partial charge in [-0.1, -0.05) is 0 Å². The molecule has 0 bridgehead atoms. The van der Waals surface area contributed by atoms with Gasteiger partial charge in [-0.2, -0.15) is 13.2 Å². The molecule has 0 fully saturated rings. The van der Waals surface area contributed by atoms with E-state index in [0.29, 0.717) is 28.4 Å². The summed E-state index contributed by atoms with van der Waals surface area (Å²) in [5.74, 6) is 1.15. The number of rotatable bonds is 3. The average molecular weight is 322 g/mol. The number of aromatic nitrogens is 2. The molecule has 23 heavy (non-hydrogen) atoms. The topological polar surface area (TPSA) is 35.8 Å². The first-order valence-corrected chi connectivity index (χ1v) is 6.70. The molecule has 0 atom stereocenters. The fraction of sp³-hybridized carbons (Fsp3) is 0.188. The molecule has 2 aromatic heterocycles. The van der Waals surface area contributed by atoms with E-state index in [1.54, 1.807) is 18.2 Å². The smallest absolute Gasteiger partial charge is 0.417 e. The van der Waals surface area contributed by atoms with Crippen LogP contribution in [-0.4, -0.2) is 23.6 Å². The number of halogens is 3. The lowest BCUT2D eigenvalue weighted by molar-refractivity contribution is -0.137. The van der Waals surface area contributed by atoms with Gasteiger partial charge in [0.05, 0.1) is 25.5 Å². The van der Waals surface area contributed by atoms with Gasteiger partial charge in [0.1, 0.15) is 17.1 Å². The summed E-state index contributed by atoms with van der Waals surface area (Å²) in [4.78, 5) is 4.35. The van der Waals surface area contributed by atoms with Gasteiger partial charge in [-0.3, -0.25) is 0 Å². The summed E-state index contributed by atoms with van der Waals surface area (Å²) < 4.78 is 50.1.